The third kappa shape index (κ3) is 52.3. The number of aliphatic hydroxyl groups is 1. The van der Waals surface area contributed by atoms with Crippen molar-refractivity contribution in [2.24, 2.45) is 0 Å². The molecule has 0 aliphatic heterocycles. The molecule has 0 heterocycles. The van der Waals surface area contributed by atoms with Gasteiger partial charge in [-0.2, -0.15) is 0 Å². The zero-order chi connectivity index (χ0) is 50.6. The molecule has 2 N–H and O–H groups in total. The van der Waals surface area contributed by atoms with E-state index < -0.39 is 26.6 Å². The standard InChI is InChI=1S/C60H101N2O6P/c1-6-8-10-12-14-16-18-20-21-22-23-24-25-26-27-28-29-30-31-32-33-34-35-36-37-38-39-40-41-42-44-46-48-50-52-54-60(64)61-58(57-68-69(65,66)67-56-55-62(3,4)5)59(63)53-51-49-47-45-43-19-17-15-13-11-9-7-2/h8,10,14,16,20-21,23-24,26-27,29-30,32-33,35-36,38-39,43,45,51,53,58-59,63H,6-7,9,11-13,15,17-19,22,25,28,31,34,37,40-42,44,46-50,52,54-57H2,1-5H3,(H-,61,64,65,66)/b10-8-,16-14-,21-20-,24-23-,27-26-,30-29-,33-32-,36-35-,39-38-,45-43+,53-51+. The molecule has 0 aliphatic rings. The largest absolute Gasteiger partial charge is 0.756 e. The minimum atomic E-state index is -4.61. The number of quaternary nitrogens is 1. The molecule has 3 atom stereocenters. The molecule has 0 fully saturated rings. The number of phosphoric acid groups is 1. The van der Waals surface area contributed by atoms with E-state index in [4.69, 9.17) is 9.05 Å². The van der Waals surface area contributed by atoms with Crippen LogP contribution in [0.4, 0.5) is 0 Å². The van der Waals surface area contributed by atoms with Gasteiger partial charge in [0.1, 0.15) is 13.2 Å². The number of likely N-dealkylation sites (N-methyl/N-ethyl adjacent to an activating group) is 1. The van der Waals surface area contributed by atoms with Gasteiger partial charge in [0.25, 0.3) is 7.82 Å². The van der Waals surface area contributed by atoms with Gasteiger partial charge in [-0.15, -0.1) is 0 Å². The summed E-state index contributed by atoms with van der Waals surface area (Å²) < 4.78 is 23.2. The van der Waals surface area contributed by atoms with Gasteiger partial charge in [0.2, 0.25) is 5.91 Å². The van der Waals surface area contributed by atoms with Crippen molar-refractivity contribution in [1.29, 1.82) is 0 Å². The summed E-state index contributed by atoms with van der Waals surface area (Å²) in [5.74, 6) is -0.227. The van der Waals surface area contributed by atoms with Crippen molar-refractivity contribution in [3.05, 3.63) is 134 Å². The average Bonchev–Trinajstić information content (AvgIpc) is 3.31. The Kier molecular flexibility index (Phi) is 47.2. The summed E-state index contributed by atoms with van der Waals surface area (Å²) in [6, 6.07) is -0.918. The number of carbonyl (C=O) groups excluding carboxylic acids is 1. The number of amides is 1. The zero-order valence-corrected chi connectivity index (χ0v) is 45.3. The molecule has 0 rings (SSSR count). The fourth-order valence-corrected chi connectivity index (χ4v) is 7.59. The van der Waals surface area contributed by atoms with Crippen LogP contribution in [0.25, 0.3) is 0 Å². The summed E-state index contributed by atoms with van der Waals surface area (Å²) in [6.07, 6.45) is 75.3. The molecule has 0 bridgehead atoms. The highest BCUT2D eigenvalue weighted by Gasteiger charge is 2.23. The van der Waals surface area contributed by atoms with Crippen molar-refractivity contribution in [1.82, 2.24) is 5.32 Å². The number of hydrogen-bond donors (Lipinski definition) is 2. The Morgan fingerprint density at radius 2 is 0.899 bits per heavy atom. The number of unbranched alkanes of at least 4 members (excludes halogenated alkanes) is 14. The predicted molar refractivity (Wildman–Crippen MR) is 297 cm³/mol. The molecule has 1 amide bonds. The molecular weight excluding hydrogens is 876 g/mol. The normalized spacial score (nSPS) is 15.1. The molecule has 0 aromatic rings. The number of rotatable bonds is 47. The third-order valence-corrected chi connectivity index (χ3v) is 12.1. The predicted octanol–water partition coefficient (Wildman–Crippen LogP) is 15.7. The lowest BCUT2D eigenvalue weighted by molar-refractivity contribution is -0.870. The second-order valence-electron chi connectivity index (χ2n) is 18.8. The lowest BCUT2D eigenvalue weighted by Crippen LogP contribution is -2.45. The Labute approximate surface area is 424 Å². The first-order valence-corrected chi connectivity index (χ1v) is 28.5. The summed E-state index contributed by atoms with van der Waals surface area (Å²) in [6.45, 7) is 4.45. The van der Waals surface area contributed by atoms with Gasteiger partial charge in [-0.1, -0.05) is 212 Å². The SMILES string of the molecule is CC/C=C\C/C=C\C/C=C\C/C=C\C/C=C\C/C=C\C/C=C\C/C=C\C/C=C\CCCCCCCCCC(=O)NC(COP(=O)([O-])OCC[N+](C)(C)C)C(O)/C=C/CC/C=C/CCCCCCCC. The number of aliphatic hydroxyl groups excluding tert-OH is 1. The van der Waals surface area contributed by atoms with E-state index in [9.17, 15) is 19.4 Å². The van der Waals surface area contributed by atoms with E-state index in [-0.39, 0.29) is 12.5 Å². The number of carbonyl (C=O) groups is 1. The minimum absolute atomic E-state index is 0.0161. The van der Waals surface area contributed by atoms with Crippen LogP contribution in [-0.2, 0) is 18.4 Å². The first kappa shape index (κ1) is 65.6. The molecule has 8 nitrogen and oxygen atoms in total. The van der Waals surface area contributed by atoms with Crippen molar-refractivity contribution < 1.29 is 32.9 Å². The van der Waals surface area contributed by atoms with Crippen LogP contribution in [0.15, 0.2) is 134 Å². The van der Waals surface area contributed by atoms with Crippen molar-refractivity contribution in [3.8, 4) is 0 Å². The monoisotopic (exact) mass is 977 g/mol. The third-order valence-electron chi connectivity index (χ3n) is 11.1. The van der Waals surface area contributed by atoms with Crippen molar-refractivity contribution >= 4 is 13.7 Å². The number of nitrogens with zero attached hydrogens (tertiary/aromatic N) is 1. The van der Waals surface area contributed by atoms with Gasteiger partial charge in [-0.3, -0.25) is 9.36 Å². The quantitative estimate of drug-likeness (QED) is 0.0272. The van der Waals surface area contributed by atoms with Gasteiger partial charge >= 0.3 is 0 Å². The molecule has 392 valence electrons. The number of phosphoric ester groups is 1. The van der Waals surface area contributed by atoms with Gasteiger partial charge in [0.05, 0.1) is 39.9 Å². The Balaban J connectivity index is 4.21. The number of allylic oxidation sites excluding steroid dienone is 21. The van der Waals surface area contributed by atoms with Crippen LogP contribution in [0.2, 0.25) is 0 Å². The molecule has 0 saturated carbocycles. The van der Waals surface area contributed by atoms with Crippen molar-refractivity contribution in [2.75, 3.05) is 40.9 Å². The first-order chi connectivity index (χ1) is 33.5. The Morgan fingerprint density at radius 1 is 0.522 bits per heavy atom. The molecule has 69 heavy (non-hydrogen) atoms. The summed E-state index contributed by atoms with van der Waals surface area (Å²) in [5.41, 5.74) is 0. The number of nitrogens with one attached hydrogen (secondary N) is 1. The van der Waals surface area contributed by atoms with Crippen LogP contribution in [-0.4, -0.2) is 68.5 Å². The van der Waals surface area contributed by atoms with Crippen LogP contribution in [0.1, 0.15) is 187 Å². The average molecular weight is 977 g/mol. The maximum atomic E-state index is 12.9. The highest BCUT2D eigenvalue weighted by Crippen LogP contribution is 2.38. The van der Waals surface area contributed by atoms with Gasteiger partial charge in [-0.05, 0) is 103 Å². The smallest absolute Gasteiger partial charge is 0.268 e. The molecule has 0 saturated heterocycles. The van der Waals surface area contributed by atoms with E-state index in [2.05, 4.69) is 141 Å². The maximum Gasteiger partial charge on any atom is 0.268 e. The first-order valence-electron chi connectivity index (χ1n) is 27.0. The topological polar surface area (TPSA) is 108 Å². The van der Waals surface area contributed by atoms with Crippen LogP contribution in [0.3, 0.4) is 0 Å². The molecule has 0 aromatic heterocycles. The van der Waals surface area contributed by atoms with Gasteiger partial charge in [0, 0.05) is 6.42 Å². The maximum absolute atomic E-state index is 12.9. The Morgan fingerprint density at radius 3 is 1.35 bits per heavy atom. The molecule has 0 aromatic carbocycles. The molecular formula is C60H101N2O6P. The van der Waals surface area contributed by atoms with Gasteiger partial charge in [-0.25, -0.2) is 0 Å². The molecule has 0 radical (unpaired) electrons. The molecule has 3 unspecified atom stereocenters. The fourth-order valence-electron chi connectivity index (χ4n) is 6.86. The molecule has 0 spiro atoms. The van der Waals surface area contributed by atoms with Gasteiger partial charge < -0.3 is 28.8 Å². The summed E-state index contributed by atoms with van der Waals surface area (Å²) in [7, 11) is 1.21. The molecule has 0 aliphatic carbocycles. The lowest BCUT2D eigenvalue weighted by Gasteiger charge is -2.29. The van der Waals surface area contributed by atoms with E-state index >= 15 is 0 Å². The minimum Gasteiger partial charge on any atom is -0.756 e. The van der Waals surface area contributed by atoms with Crippen molar-refractivity contribution in [3.63, 3.8) is 0 Å². The fraction of sp³-hybridized carbons (Fsp3) is 0.617. The van der Waals surface area contributed by atoms with E-state index in [0.29, 0.717) is 17.4 Å². The van der Waals surface area contributed by atoms with Crippen molar-refractivity contribution in [2.45, 2.75) is 199 Å². The highest BCUT2D eigenvalue weighted by atomic mass is 31.2. The van der Waals surface area contributed by atoms with Gasteiger partial charge in [0.15, 0.2) is 0 Å². The lowest BCUT2D eigenvalue weighted by atomic mass is 10.1. The van der Waals surface area contributed by atoms with Crippen LogP contribution >= 0.6 is 7.82 Å². The van der Waals surface area contributed by atoms with Crippen LogP contribution in [0, 0.1) is 0 Å². The number of hydrogen-bond acceptors (Lipinski definition) is 6. The van der Waals surface area contributed by atoms with E-state index in [0.717, 1.165) is 109 Å². The molecule has 9 heteroatoms. The zero-order valence-electron chi connectivity index (χ0n) is 44.5. The van der Waals surface area contributed by atoms with Crippen LogP contribution in [0.5, 0.6) is 0 Å². The Hall–Kier alpha value is -3.36. The summed E-state index contributed by atoms with van der Waals surface area (Å²) >= 11 is 0. The van der Waals surface area contributed by atoms with Crippen LogP contribution < -0.4 is 10.2 Å². The van der Waals surface area contributed by atoms with E-state index in [1.165, 1.54) is 57.8 Å². The summed E-state index contributed by atoms with van der Waals surface area (Å²) in [5, 5.41) is 13.8. The Bertz CT molecular complexity index is 1580. The highest BCUT2D eigenvalue weighted by molar-refractivity contribution is 7.45. The second-order valence-corrected chi connectivity index (χ2v) is 20.2. The van der Waals surface area contributed by atoms with E-state index in [1.807, 2.05) is 27.2 Å². The van der Waals surface area contributed by atoms with E-state index in [1.54, 1.807) is 6.08 Å². The second kappa shape index (κ2) is 49.6. The summed E-state index contributed by atoms with van der Waals surface area (Å²) in [4.78, 5) is 25.4.